The predicted molar refractivity (Wildman–Crippen MR) is 84.8 cm³/mol. The van der Waals surface area contributed by atoms with Gasteiger partial charge in [-0.05, 0) is 49.2 Å². The summed E-state index contributed by atoms with van der Waals surface area (Å²) in [5, 5.41) is 4.60. The van der Waals surface area contributed by atoms with Gasteiger partial charge >= 0.3 is 0 Å². The number of ether oxygens (including phenoxy) is 2. The van der Waals surface area contributed by atoms with Crippen molar-refractivity contribution in [1.29, 1.82) is 0 Å². The minimum atomic E-state index is 0.685. The molecule has 0 spiro atoms. The molecule has 0 saturated heterocycles. The molecule has 0 atom stereocenters. The van der Waals surface area contributed by atoms with Crippen molar-refractivity contribution in [3.05, 3.63) is 59.7 Å². The van der Waals surface area contributed by atoms with Crippen molar-refractivity contribution < 1.29 is 9.47 Å². The van der Waals surface area contributed by atoms with E-state index in [-0.39, 0.29) is 0 Å². The van der Waals surface area contributed by atoms with Gasteiger partial charge in [-0.25, -0.2) is 5.32 Å². The van der Waals surface area contributed by atoms with Crippen molar-refractivity contribution in [3.63, 3.8) is 0 Å². The summed E-state index contributed by atoms with van der Waals surface area (Å²) in [6.07, 6.45) is 0. The van der Waals surface area contributed by atoms with Crippen molar-refractivity contribution in [2.45, 2.75) is 26.9 Å². The second kappa shape index (κ2) is 8.32. The normalized spacial score (nSPS) is 10.4. The van der Waals surface area contributed by atoms with E-state index in [0.29, 0.717) is 26.3 Å². The molecule has 0 heterocycles. The Labute approximate surface area is 126 Å². The average Bonchev–Trinajstić information content (AvgIpc) is 2.49. The van der Waals surface area contributed by atoms with Gasteiger partial charge in [-0.3, -0.25) is 0 Å². The molecule has 3 heteroatoms. The topological polar surface area (TPSA) is 32.6 Å². The summed E-state index contributed by atoms with van der Waals surface area (Å²) >= 11 is 0. The fourth-order valence-electron chi connectivity index (χ4n) is 2.11. The maximum Gasteiger partial charge on any atom is 0.119 e. The van der Waals surface area contributed by atoms with Crippen LogP contribution in [0.3, 0.4) is 0 Å². The van der Waals surface area contributed by atoms with Crippen molar-refractivity contribution >= 4 is 0 Å². The molecular formula is C18H22NO2. The Hall–Kier alpha value is -2.00. The molecule has 2 aromatic rings. The van der Waals surface area contributed by atoms with Crippen molar-refractivity contribution in [2.75, 3.05) is 13.2 Å². The second-order valence-corrected chi connectivity index (χ2v) is 4.70. The van der Waals surface area contributed by atoms with Crippen LogP contribution >= 0.6 is 0 Å². The fraction of sp³-hybridized carbons (Fsp3) is 0.333. The van der Waals surface area contributed by atoms with Crippen LogP contribution in [0.1, 0.15) is 25.0 Å². The first kappa shape index (κ1) is 15.4. The third-order valence-electron chi connectivity index (χ3n) is 3.01. The standard InChI is InChI=1S/C18H22NO2/c1-3-20-17-9-5-7-15(11-17)13-19-14-16-8-6-10-18(12-16)21-4-2/h5-12H,3-4,13-14H2,1-2H3. The molecule has 1 radical (unpaired) electrons. The molecule has 0 aliphatic heterocycles. The quantitative estimate of drug-likeness (QED) is 0.739. The molecule has 0 amide bonds. The third-order valence-corrected chi connectivity index (χ3v) is 3.01. The van der Waals surface area contributed by atoms with Crippen LogP contribution in [0.25, 0.3) is 0 Å². The summed E-state index contributed by atoms with van der Waals surface area (Å²) in [4.78, 5) is 0. The highest BCUT2D eigenvalue weighted by atomic mass is 16.5. The zero-order chi connectivity index (χ0) is 14.9. The number of rotatable bonds is 8. The van der Waals surface area contributed by atoms with Gasteiger partial charge in [0.1, 0.15) is 11.5 Å². The summed E-state index contributed by atoms with van der Waals surface area (Å²) < 4.78 is 11.0. The van der Waals surface area contributed by atoms with Crippen LogP contribution < -0.4 is 14.8 Å². The second-order valence-electron chi connectivity index (χ2n) is 4.70. The molecule has 0 N–H and O–H groups in total. The van der Waals surface area contributed by atoms with Gasteiger partial charge in [0.15, 0.2) is 0 Å². The number of nitrogens with zero attached hydrogens (tertiary/aromatic N) is 1. The molecule has 0 aromatic heterocycles. The molecular weight excluding hydrogens is 262 g/mol. The van der Waals surface area contributed by atoms with Crippen molar-refractivity contribution in [2.24, 2.45) is 0 Å². The van der Waals surface area contributed by atoms with Crippen LogP contribution in [-0.4, -0.2) is 13.2 Å². The van der Waals surface area contributed by atoms with Gasteiger partial charge in [-0.15, -0.1) is 0 Å². The molecule has 0 unspecified atom stereocenters. The maximum absolute atomic E-state index is 5.50. The summed E-state index contributed by atoms with van der Waals surface area (Å²) in [6.45, 7) is 6.74. The molecule has 3 nitrogen and oxygen atoms in total. The molecule has 21 heavy (non-hydrogen) atoms. The van der Waals surface area contributed by atoms with E-state index in [1.54, 1.807) is 0 Å². The monoisotopic (exact) mass is 284 g/mol. The molecule has 111 valence electrons. The molecule has 0 saturated carbocycles. The highest BCUT2D eigenvalue weighted by Gasteiger charge is 2.00. The Morgan fingerprint density at radius 3 is 1.67 bits per heavy atom. The zero-order valence-electron chi connectivity index (χ0n) is 12.7. The molecule has 0 aliphatic carbocycles. The highest BCUT2D eigenvalue weighted by Crippen LogP contribution is 2.15. The Balaban J connectivity index is 1.86. The zero-order valence-corrected chi connectivity index (χ0v) is 12.7. The fourth-order valence-corrected chi connectivity index (χ4v) is 2.11. The highest BCUT2D eigenvalue weighted by molar-refractivity contribution is 5.30. The average molecular weight is 284 g/mol. The smallest absolute Gasteiger partial charge is 0.119 e. The van der Waals surface area contributed by atoms with Crippen molar-refractivity contribution in [1.82, 2.24) is 5.32 Å². The van der Waals surface area contributed by atoms with Crippen LogP contribution in [0.4, 0.5) is 0 Å². The largest absolute Gasteiger partial charge is 0.494 e. The van der Waals surface area contributed by atoms with Gasteiger partial charge in [-0.2, -0.15) is 0 Å². The molecule has 0 bridgehead atoms. The lowest BCUT2D eigenvalue weighted by Gasteiger charge is -2.08. The van der Waals surface area contributed by atoms with Crippen molar-refractivity contribution in [3.8, 4) is 11.5 Å². The lowest BCUT2D eigenvalue weighted by atomic mass is 10.2. The predicted octanol–water partition coefficient (Wildman–Crippen LogP) is 3.79. The van der Waals surface area contributed by atoms with Gasteiger partial charge in [0, 0.05) is 13.1 Å². The van der Waals surface area contributed by atoms with E-state index in [2.05, 4.69) is 17.4 Å². The Morgan fingerprint density at radius 1 is 0.762 bits per heavy atom. The summed E-state index contributed by atoms with van der Waals surface area (Å²) in [5.41, 5.74) is 2.34. The van der Waals surface area contributed by atoms with Gasteiger partial charge in [0.25, 0.3) is 0 Å². The lowest BCUT2D eigenvalue weighted by Crippen LogP contribution is -2.05. The minimum absolute atomic E-state index is 0.685. The first-order valence-electron chi connectivity index (χ1n) is 7.38. The summed E-state index contributed by atoms with van der Waals surface area (Å²) in [7, 11) is 0. The van der Waals surface area contributed by atoms with Crippen LogP contribution in [0, 0.1) is 0 Å². The van der Waals surface area contributed by atoms with E-state index < -0.39 is 0 Å². The maximum atomic E-state index is 5.50. The van der Waals surface area contributed by atoms with Gasteiger partial charge in [0.05, 0.1) is 13.2 Å². The van der Waals surface area contributed by atoms with E-state index in [1.165, 1.54) is 11.1 Å². The first-order chi connectivity index (χ1) is 10.3. The first-order valence-corrected chi connectivity index (χ1v) is 7.38. The third kappa shape index (κ3) is 5.12. The van der Waals surface area contributed by atoms with E-state index in [4.69, 9.17) is 9.47 Å². The number of hydrogen-bond donors (Lipinski definition) is 0. The van der Waals surface area contributed by atoms with Crippen LogP contribution in [0.15, 0.2) is 48.5 Å². The lowest BCUT2D eigenvalue weighted by molar-refractivity contribution is 0.339. The molecule has 0 aliphatic rings. The molecule has 2 aromatic carbocycles. The van der Waals surface area contributed by atoms with E-state index in [0.717, 1.165) is 11.5 Å². The van der Waals surface area contributed by atoms with Crippen LogP contribution in [0.5, 0.6) is 11.5 Å². The Bertz CT molecular complexity index is 505. The Morgan fingerprint density at radius 2 is 1.24 bits per heavy atom. The minimum Gasteiger partial charge on any atom is -0.494 e. The molecule has 2 rings (SSSR count). The Kier molecular flexibility index (Phi) is 6.10. The molecule has 0 fully saturated rings. The van der Waals surface area contributed by atoms with Gasteiger partial charge in [-0.1, -0.05) is 24.3 Å². The van der Waals surface area contributed by atoms with Gasteiger partial charge < -0.3 is 9.47 Å². The number of hydrogen-bond acceptors (Lipinski definition) is 2. The summed E-state index contributed by atoms with van der Waals surface area (Å²) in [5.74, 6) is 1.81. The van der Waals surface area contributed by atoms with Gasteiger partial charge in [0.2, 0.25) is 0 Å². The van der Waals surface area contributed by atoms with Crippen LogP contribution in [0.2, 0.25) is 0 Å². The van der Waals surface area contributed by atoms with E-state index in [9.17, 15) is 0 Å². The van der Waals surface area contributed by atoms with E-state index >= 15 is 0 Å². The van der Waals surface area contributed by atoms with E-state index in [1.807, 2.05) is 50.2 Å². The number of benzene rings is 2. The summed E-state index contributed by atoms with van der Waals surface area (Å²) in [6, 6.07) is 16.2. The van der Waals surface area contributed by atoms with Crippen LogP contribution in [-0.2, 0) is 13.1 Å². The SMILES string of the molecule is CCOc1cccc(C[N]Cc2cccc(OCC)c2)c1.